The van der Waals surface area contributed by atoms with Crippen LogP contribution < -0.4 is 5.32 Å². The van der Waals surface area contributed by atoms with Gasteiger partial charge in [0.05, 0.1) is 5.75 Å². The summed E-state index contributed by atoms with van der Waals surface area (Å²) >= 11 is 1.25. The van der Waals surface area contributed by atoms with E-state index in [4.69, 9.17) is 0 Å². The van der Waals surface area contributed by atoms with Crippen LogP contribution in [0.2, 0.25) is 0 Å². The van der Waals surface area contributed by atoms with Crippen LogP contribution in [0.3, 0.4) is 0 Å². The summed E-state index contributed by atoms with van der Waals surface area (Å²) in [4.78, 5) is 12.3. The molecule has 0 spiro atoms. The third-order valence-electron chi connectivity index (χ3n) is 4.76. The molecule has 1 N–H and O–H groups in total. The van der Waals surface area contributed by atoms with Gasteiger partial charge in [0.25, 0.3) is 0 Å². The molecule has 0 fully saturated rings. The minimum absolute atomic E-state index is 0.131. The first kappa shape index (κ1) is 21.7. The van der Waals surface area contributed by atoms with Crippen molar-refractivity contribution in [2.75, 3.05) is 12.3 Å². The van der Waals surface area contributed by atoms with Gasteiger partial charge in [0, 0.05) is 17.8 Å². The largest absolute Gasteiger partial charge is 0.355 e. The maximum atomic E-state index is 13.7. The first-order chi connectivity index (χ1) is 15.6. The van der Waals surface area contributed by atoms with E-state index in [0.29, 0.717) is 35.1 Å². The minimum atomic E-state index is -0.332. The Balaban J connectivity index is 1.46. The van der Waals surface area contributed by atoms with Gasteiger partial charge in [0.1, 0.15) is 11.6 Å². The zero-order valence-corrected chi connectivity index (χ0v) is 17.9. The molecule has 0 saturated heterocycles. The number of nitrogens with zero attached hydrogens (tertiary/aromatic N) is 3. The number of carbonyl (C=O) groups is 1. The molecule has 5 nitrogen and oxygen atoms in total. The molecule has 162 valence electrons. The van der Waals surface area contributed by atoms with Gasteiger partial charge in [-0.25, -0.2) is 8.78 Å². The summed E-state index contributed by atoms with van der Waals surface area (Å²) < 4.78 is 28.9. The summed E-state index contributed by atoms with van der Waals surface area (Å²) in [7, 11) is 0. The lowest BCUT2D eigenvalue weighted by Gasteiger charge is -2.10. The molecule has 0 radical (unpaired) electrons. The van der Waals surface area contributed by atoms with Gasteiger partial charge in [-0.2, -0.15) is 0 Å². The summed E-state index contributed by atoms with van der Waals surface area (Å²) in [6.45, 7) is 0.340. The normalized spacial score (nSPS) is 10.8. The van der Waals surface area contributed by atoms with Crippen LogP contribution >= 0.6 is 11.8 Å². The lowest BCUT2D eigenvalue weighted by molar-refractivity contribution is -0.118. The SMILES string of the molecule is O=C(CSc1nnc(-c2ccc(F)cc2)n1-c1ccccc1)NCCc1ccccc1F. The van der Waals surface area contributed by atoms with E-state index in [2.05, 4.69) is 15.5 Å². The van der Waals surface area contributed by atoms with E-state index in [9.17, 15) is 13.6 Å². The lowest BCUT2D eigenvalue weighted by Crippen LogP contribution is -2.27. The van der Waals surface area contributed by atoms with Crippen LogP contribution in [0.4, 0.5) is 8.78 Å². The highest BCUT2D eigenvalue weighted by atomic mass is 32.2. The number of amides is 1. The number of hydrogen-bond donors (Lipinski definition) is 1. The van der Waals surface area contributed by atoms with Crippen molar-refractivity contribution in [2.24, 2.45) is 0 Å². The molecule has 1 heterocycles. The average Bonchev–Trinajstić information content (AvgIpc) is 3.24. The molecule has 0 saturated carbocycles. The van der Waals surface area contributed by atoms with Gasteiger partial charge in [0.15, 0.2) is 11.0 Å². The molecule has 0 aliphatic heterocycles. The third-order valence-corrected chi connectivity index (χ3v) is 5.69. The van der Waals surface area contributed by atoms with E-state index in [-0.39, 0.29) is 23.3 Å². The molecule has 0 bridgehead atoms. The van der Waals surface area contributed by atoms with E-state index >= 15 is 0 Å². The number of thioether (sulfide) groups is 1. The van der Waals surface area contributed by atoms with Gasteiger partial charge in [-0.15, -0.1) is 10.2 Å². The molecule has 0 unspecified atom stereocenters. The van der Waals surface area contributed by atoms with Crippen molar-refractivity contribution < 1.29 is 13.6 Å². The fourth-order valence-electron chi connectivity index (χ4n) is 3.18. The van der Waals surface area contributed by atoms with E-state index in [0.717, 1.165) is 5.69 Å². The Labute approximate surface area is 188 Å². The first-order valence-corrected chi connectivity index (χ1v) is 11.0. The smallest absolute Gasteiger partial charge is 0.230 e. The summed E-state index contributed by atoms with van der Waals surface area (Å²) in [6, 6.07) is 22.1. The second kappa shape index (κ2) is 10.2. The Hall–Kier alpha value is -3.52. The number of hydrogen-bond acceptors (Lipinski definition) is 4. The van der Waals surface area contributed by atoms with Gasteiger partial charge < -0.3 is 5.32 Å². The Morgan fingerprint density at radius 1 is 0.906 bits per heavy atom. The number of benzene rings is 3. The standard InChI is InChI=1S/C24H20F2N4OS/c25-19-12-10-18(11-13-19)23-28-29-24(30(23)20-7-2-1-3-8-20)32-16-22(31)27-15-14-17-6-4-5-9-21(17)26/h1-13H,14-16H2,(H,27,31). The fourth-order valence-corrected chi connectivity index (χ4v) is 3.96. The van der Waals surface area contributed by atoms with Crippen molar-refractivity contribution in [2.45, 2.75) is 11.6 Å². The molecule has 4 aromatic rings. The topological polar surface area (TPSA) is 59.8 Å². The highest BCUT2D eigenvalue weighted by Gasteiger charge is 2.17. The van der Waals surface area contributed by atoms with Crippen LogP contribution in [0.15, 0.2) is 84.0 Å². The van der Waals surface area contributed by atoms with Crippen LogP contribution in [-0.2, 0) is 11.2 Å². The number of rotatable bonds is 8. The lowest BCUT2D eigenvalue weighted by atomic mass is 10.1. The maximum absolute atomic E-state index is 13.7. The third kappa shape index (κ3) is 5.20. The quantitative estimate of drug-likeness (QED) is 0.397. The maximum Gasteiger partial charge on any atom is 0.230 e. The number of para-hydroxylation sites is 1. The van der Waals surface area contributed by atoms with Gasteiger partial charge in [-0.05, 0) is 54.4 Å². The van der Waals surface area contributed by atoms with E-state index in [1.165, 1.54) is 30.0 Å². The van der Waals surface area contributed by atoms with Gasteiger partial charge in [0.2, 0.25) is 5.91 Å². The van der Waals surface area contributed by atoms with Crippen molar-refractivity contribution in [3.8, 4) is 17.1 Å². The van der Waals surface area contributed by atoms with E-state index in [1.54, 1.807) is 30.3 Å². The van der Waals surface area contributed by atoms with Crippen LogP contribution in [0.1, 0.15) is 5.56 Å². The van der Waals surface area contributed by atoms with Crippen molar-refractivity contribution in [3.05, 3.63) is 96.1 Å². The second-order valence-corrected chi connectivity index (χ2v) is 7.91. The highest BCUT2D eigenvalue weighted by Crippen LogP contribution is 2.28. The van der Waals surface area contributed by atoms with Gasteiger partial charge in [-0.1, -0.05) is 48.2 Å². The number of nitrogens with one attached hydrogen (secondary N) is 1. The fraction of sp³-hybridized carbons (Fsp3) is 0.125. The molecule has 32 heavy (non-hydrogen) atoms. The number of carbonyl (C=O) groups excluding carboxylic acids is 1. The van der Waals surface area contributed by atoms with Crippen molar-refractivity contribution >= 4 is 17.7 Å². The molecule has 4 rings (SSSR count). The molecule has 3 aromatic carbocycles. The number of aromatic nitrogens is 3. The Bertz CT molecular complexity index is 1200. The average molecular weight is 451 g/mol. The monoisotopic (exact) mass is 450 g/mol. The summed E-state index contributed by atoms with van der Waals surface area (Å²) in [6.07, 6.45) is 0.415. The molecule has 0 aliphatic rings. The van der Waals surface area contributed by atoms with Gasteiger partial charge in [-0.3, -0.25) is 9.36 Å². The Kier molecular flexibility index (Phi) is 6.91. The van der Waals surface area contributed by atoms with Crippen molar-refractivity contribution in [1.29, 1.82) is 0 Å². The Morgan fingerprint density at radius 3 is 2.38 bits per heavy atom. The van der Waals surface area contributed by atoms with Crippen molar-refractivity contribution in [3.63, 3.8) is 0 Å². The zero-order chi connectivity index (χ0) is 22.3. The predicted molar refractivity (Wildman–Crippen MR) is 121 cm³/mol. The summed E-state index contributed by atoms with van der Waals surface area (Å²) in [5.74, 6) is -0.108. The van der Waals surface area contributed by atoms with Crippen LogP contribution in [0, 0.1) is 11.6 Å². The second-order valence-electron chi connectivity index (χ2n) is 6.96. The molecule has 1 amide bonds. The molecule has 1 aromatic heterocycles. The first-order valence-electron chi connectivity index (χ1n) is 10.0. The minimum Gasteiger partial charge on any atom is -0.355 e. The predicted octanol–water partition coefficient (Wildman–Crippen LogP) is 4.66. The zero-order valence-electron chi connectivity index (χ0n) is 17.0. The van der Waals surface area contributed by atoms with Crippen LogP contribution in [0.5, 0.6) is 0 Å². The van der Waals surface area contributed by atoms with Crippen LogP contribution in [-0.4, -0.2) is 33.0 Å². The van der Waals surface area contributed by atoms with E-state index < -0.39 is 0 Å². The highest BCUT2D eigenvalue weighted by molar-refractivity contribution is 7.99. The van der Waals surface area contributed by atoms with Crippen molar-refractivity contribution in [1.82, 2.24) is 20.1 Å². The number of halogens is 2. The van der Waals surface area contributed by atoms with E-state index in [1.807, 2.05) is 34.9 Å². The molecule has 0 atom stereocenters. The molecule has 8 heteroatoms. The summed E-state index contributed by atoms with van der Waals surface area (Å²) in [5, 5.41) is 11.9. The van der Waals surface area contributed by atoms with Crippen LogP contribution in [0.25, 0.3) is 17.1 Å². The molecular formula is C24H20F2N4OS. The molecular weight excluding hydrogens is 430 g/mol. The van der Waals surface area contributed by atoms with Gasteiger partial charge >= 0.3 is 0 Å². The molecule has 0 aliphatic carbocycles. The Morgan fingerprint density at radius 2 is 1.62 bits per heavy atom. The summed E-state index contributed by atoms with van der Waals surface area (Å²) in [5.41, 5.74) is 2.11.